The number of amides is 1. The molecule has 0 atom stereocenters. The number of nitrogens with one attached hydrogen (secondary N) is 1. The molecule has 0 aromatic heterocycles. The average Bonchev–Trinajstić information content (AvgIpc) is 2.71. The van der Waals surface area contributed by atoms with Crippen molar-refractivity contribution in [1.29, 1.82) is 0 Å². The number of halogens is 1. The summed E-state index contributed by atoms with van der Waals surface area (Å²) in [5, 5.41) is 3.26. The Morgan fingerprint density at radius 2 is 1.63 bits per heavy atom. The molecule has 3 rings (SSSR count). The molecule has 3 aromatic carbocycles. The van der Waals surface area contributed by atoms with Crippen LogP contribution < -0.4 is 5.32 Å². The maximum Gasteiger partial charge on any atom is 0.243 e. The van der Waals surface area contributed by atoms with Crippen molar-refractivity contribution in [1.82, 2.24) is 4.31 Å². The maximum atomic E-state index is 13.3. The van der Waals surface area contributed by atoms with Crippen molar-refractivity contribution in [2.75, 3.05) is 11.9 Å². The Morgan fingerprint density at radius 3 is 2.27 bits per heavy atom. The lowest BCUT2D eigenvalue weighted by atomic mass is 10.1. The smallest absolute Gasteiger partial charge is 0.243 e. The zero-order valence-electron chi connectivity index (χ0n) is 16.8. The minimum Gasteiger partial charge on any atom is -0.325 e. The number of nitrogens with zero attached hydrogens (tertiary/aromatic N) is 1. The van der Waals surface area contributed by atoms with Gasteiger partial charge in [-0.2, -0.15) is 4.31 Å². The highest BCUT2D eigenvalue weighted by Gasteiger charge is 2.27. The Labute approximate surface area is 182 Å². The zero-order chi connectivity index (χ0) is 21.7. The third-order valence-corrected chi connectivity index (χ3v) is 6.69. The van der Waals surface area contributed by atoms with Crippen molar-refractivity contribution in [2.24, 2.45) is 0 Å². The number of benzene rings is 3. The normalized spacial score (nSPS) is 11.5. The van der Waals surface area contributed by atoms with Crippen LogP contribution in [0.15, 0.2) is 77.7 Å². The number of rotatable bonds is 7. The van der Waals surface area contributed by atoms with Gasteiger partial charge in [-0.1, -0.05) is 59.6 Å². The molecule has 30 heavy (non-hydrogen) atoms. The fraction of sp³-hybridized carbons (Fsp3) is 0.174. The van der Waals surface area contributed by atoms with Crippen molar-refractivity contribution in [2.45, 2.75) is 25.3 Å². The monoisotopic (exact) mass is 442 g/mol. The standard InChI is InChI=1S/C23H23ClN2O3S/c1-17-8-13-22(18(2)14-17)25-23(27)16-26(15-19-6-4-3-5-7-19)30(28,29)21-11-9-20(24)10-12-21/h3-14H,15-16H2,1-2H3,(H,25,27). The van der Waals surface area contributed by atoms with E-state index in [9.17, 15) is 13.2 Å². The van der Waals surface area contributed by atoms with E-state index in [0.717, 1.165) is 16.7 Å². The van der Waals surface area contributed by atoms with Crippen LogP contribution in [0.5, 0.6) is 0 Å². The van der Waals surface area contributed by atoms with E-state index in [-0.39, 0.29) is 18.0 Å². The number of aryl methyl sites for hydroxylation is 2. The maximum absolute atomic E-state index is 13.3. The van der Waals surface area contributed by atoms with Crippen LogP contribution in [0.4, 0.5) is 5.69 Å². The quantitative estimate of drug-likeness (QED) is 0.572. The first-order valence-electron chi connectivity index (χ1n) is 9.42. The lowest BCUT2D eigenvalue weighted by Gasteiger charge is -2.22. The third-order valence-electron chi connectivity index (χ3n) is 4.63. The molecule has 0 radical (unpaired) electrons. The van der Waals surface area contributed by atoms with Crippen LogP contribution in [0.2, 0.25) is 5.02 Å². The fourth-order valence-electron chi connectivity index (χ4n) is 3.07. The molecule has 1 N–H and O–H groups in total. The molecule has 0 bridgehead atoms. The number of carbonyl (C=O) groups excluding carboxylic acids is 1. The number of sulfonamides is 1. The second-order valence-corrected chi connectivity index (χ2v) is 9.45. The predicted octanol–water partition coefficient (Wildman–Crippen LogP) is 4.79. The van der Waals surface area contributed by atoms with Crippen molar-refractivity contribution >= 4 is 33.2 Å². The Bertz CT molecular complexity index is 1130. The Balaban J connectivity index is 1.87. The summed E-state index contributed by atoms with van der Waals surface area (Å²) in [6.07, 6.45) is 0. The van der Waals surface area contributed by atoms with Gasteiger partial charge in [0.2, 0.25) is 15.9 Å². The van der Waals surface area contributed by atoms with E-state index in [0.29, 0.717) is 10.7 Å². The van der Waals surface area contributed by atoms with E-state index < -0.39 is 15.9 Å². The molecular weight excluding hydrogens is 420 g/mol. The number of hydrogen-bond acceptors (Lipinski definition) is 3. The summed E-state index contributed by atoms with van der Waals surface area (Å²) in [5.41, 5.74) is 3.45. The van der Waals surface area contributed by atoms with Gasteiger partial charge in [-0.05, 0) is 55.3 Å². The van der Waals surface area contributed by atoms with Crippen molar-refractivity contribution in [3.63, 3.8) is 0 Å². The molecule has 0 aliphatic carbocycles. The second-order valence-electron chi connectivity index (χ2n) is 7.08. The molecule has 1 amide bonds. The van der Waals surface area contributed by atoms with Crippen molar-refractivity contribution in [3.05, 3.63) is 94.5 Å². The summed E-state index contributed by atoms with van der Waals surface area (Å²) in [4.78, 5) is 12.8. The summed E-state index contributed by atoms with van der Waals surface area (Å²) in [6.45, 7) is 3.63. The molecular formula is C23H23ClN2O3S. The summed E-state index contributed by atoms with van der Waals surface area (Å²) >= 11 is 5.90. The Hall–Kier alpha value is -2.67. The van der Waals surface area contributed by atoms with Gasteiger partial charge in [-0.3, -0.25) is 4.79 Å². The van der Waals surface area contributed by atoms with E-state index >= 15 is 0 Å². The van der Waals surface area contributed by atoms with Crippen LogP contribution in [-0.2, 0) is 21.4 Å². The fourth-order valence-corrected chi connectivity index (χ4v) is 4.58. The summed E-state index contributed by atoms with van der Waals surface area (Å²) in [5.74, 6) is -0.407. The molecule has 0 unspecified atom stereocenters. The van der Waals surface area contributed by atoms with Gasteiger partial charge in [0.15, 0.2) is 0 Å². The highest BCUT2D eigenvalue weighted by atomic mass is 35.5. The Morgan fingerprint density at radius 1 is 0.967 bits per heavy atom. The van der Waals surface area contributed by atoms with Gasteiger partial charge >= 0.3 is 0 Å². The first-order chi connectivity index (χ1) is 14.3. The van der Waals surface area contributed by atoms with Gasteiger partial charge in [0.25, 0.3) is 0 Å². The topological polar surface area (TPSA) is 66.5 Å². The van der Waals surface area contributed by atoms with Crippen LogP contribution in [-0.4, -0.2) is 25.2 Å². The largest absolute Gasteiger partial charge is 0.325 e. The number of carbonyl (C=O) groups is 1. The highest BCUT2D eigenvalue weighted by Crippen LogP contribution is 2.21. The van der Waals surface area contributed by atoms with E-state index in [1.54, 1.807) is 0 Å². The first-order valence-corrected chi connectivity index (χ1v) is 11.2. The minimum atomic E-state index is -3.91. The van der Waals surface area contributed by atoms with E-state index in [1.165, 1.54) is 28.6 Å². The van der Waals surface area contributed by atoms with Gasteiger partial charge in [-0.15, -0.1) is 0 Å². The second kappa shape index (κ2) is 9.43. The van der Waals surface area contributed by atoms with Crippen LogP contribution in [0.25, 0.3) is 0 Å². The van der Waals surface area contributed by atoms with Crippen LogP contribution in [0.3, 0.4) is 0 Å². The summed E-state index contributed by atoms with van der Waals surface area (Å²) in [7, 11) is -3.91. The molecule has 0 fully saturated rings. The number of anilines is 1. The lowest BCUT2D eigenvalue weighted by molar-refractivity contribution is -0.116. The van der Waals surface area contributed by atoms with Gasteiger partial charge in [0.05, 0.1) is 11.4 Å². The van der Waals surface area contributed by atoms with E-state index in [2.05, 4.69) is 5.32 Å². The Kier molecular flexibility index (Phi) is 6.92. The minimum absolute atomic E-state index is 0.0755. The van der Waals surface area contributed by atoms with Gasteiger partial charge in [0.1, 0.15) is 0 Å². The summed E-state index contributed by atoms with van der Waals surface area (Å²) < 4.78 is 27.7. The van der Waals surface area contributed by atoms with Crippen molar-refractivity contribution < 1.29 is 13.2 Å². The predicted molar refractivity (Wildman–Crippen MR) is 120 cm³/mol. The molecule has 0 saturated heterocycles. The first kappa shape index (κ1) is 22.0. The molecule has 3 aromatic rings. The SMILES string of the molecule is Cc1ccc(NC(=O)CN(Cc2ccccc2)S(=O)(=O)c2ccc(Cl)cc2)c(C)c1. The van der Waals surface area contributed by atoms with E-state index in [1.807, 2.05) is 62.4 Å². The van der Waals surface area contributed by atoms with E-state index in [4.69, 9.17) is 11.6 Å². The molecule has 5 nitrogen and oxygen atoms in total. The molecule has 156 valence electrons. The van der Waals surface area contributed by atoms with Crippen LogP contribution in [0.1, 0.15) is 16.7 Å². The third kappa shape index (κ3) is 5.48. The lowest BCUT2D eigenvalue weighted by Crippen LogP contribution is -2.37. The van der Waals surface area contributed by atoms with Gasteiger partial charge in [-0.25, -0.2) is 8.42 Å². The average molecular weight is 443 g/mol. The molecule has 0 spiro atoms. The summed E-state index contributed by atoms with van der Waals surface area (Å²) in [6, 6.07) is 20.8. The van der Waals surface area contributed by atoms with Crippen LogP contribution >= 0.6 is 11.6 Å². The number of hydrogen-bond donors (Lipinski definition) is 1. The zero-order valence-corrected chi connectivity index (χ0v) is 18.4. The molecule has 0 saturated carbocycles. The van der Waals surface area contributed by atoms with Gasteiger partial charge in [0, 0.05) is 17.3 Å². The molecule has 0 aliphatic rings. The molecule has 0 heterocycles. The molecule has 0 aliphatic heterocycles. The molecule has 7 heteroatoms. The van der Waals surface area contributed by atoms with Crippen LogP contribution in [0, 0.1) is 13.8 Å². The van der Waals surface area contributed by atoms with Gasteiger partial charge < -0.3 is 5.32 Å². The highest BCUT2D eigenvalue weighted by molar-refractivity contribution is 7.89. The van der Waals surface area contributed by atoms with Crippen molar-refractivity contribution in [3.8, 4) is 0 Å².